The van der Waals surface area contributed by atoms with Gasteiger partial charge in [-0.2, -0.15) is 0 Å². The first kappa shape index (κ1) is 20.3. The molecule has 2 rings (SSSR count). The maximum Gasteiger partial charge on any atom is 0.239 e. The highest BCUT2D eigenvalue weighted by Gasteiger charge is 2.32. The molecule has 0 bridgehead atoms. The minimum Gasteiger partial charge on any atom is -0.402 e. The van der Waals surface area contributed by atoms with E-state index >= 15 is 0 Å². The van der Waals surface area contributed by atoms with Crippen LogP contribution in [-0.4, -0.2) is 55.5 Å². The van der Waals surface area contributed by atoms with E-state index in [1.807, 2.05) is 4.90 Å². The molecule has 1 fully saturated rings. The van der Waals surface area contributed by atoms with Crippen molar-refractivity contribution in [3.63, 3.8) is 0 Å². The lowest BCUT2D eigenvalue weighted by Crippen LogP contribution is -2.55. The average Bonchev–Trinajstić information content (AvgIpc) is 3.03. The molecule has 1 saturated heterocycles. The summed E-state index contributed by atoms with van der Waals surface area (Å²) in [5.41, 5.74) is 7.06. The van der Waals surface area contributed by atoms with Gasteiger partial charge in [0, 0.05) is 31.9 Å². The number of oxime groups is 1. The SMILES string of the molecule is CO[C@H]1CN(C(=N)C(/C=C(/C)N)=C2/NC(C)=NO2)CC[C@H]1NCC(C)C. The van der Waals surface area contributed by atoms with Crippen molar-refractivity contribution in [3.05, 3.63) is 23.2 Å². The summed E-state index contributed by atoms with van der Waals surface area (Å²) in [4.78, 5) is 7.33. The number of nitrogens with one attached hydrogen (secondary N) is 3. The van der Waals surface area contributed by atoms with Crippen molar-refractivity contribution < 1.29 is 9.57 Å². The van der Waals surface area contributed by atoms with E-state index in [9.17, 15) is 0 Å². The summed E-state index contributed by atoms with van der Waals surface area (Å²) in [6, 6.07) is 0.292. The third-order valence-corrected chi connectivity index (χ3v) is 4.41. The molecule has 8 heteroatoms. The van der Waals surface area contributed by atoms with Crippen molar-refractivity contribution in [2.75, 3.05) is 26.7 Å². The van der Waals surface area contributed by atoms with Crippen LogP contribution in [0.4, 0.5) is 0 Å². The molecule has 2 aliphatic heterocycles. The Morgan fingerprint density at radius 2 is 2.31 bits per heavy atom. The summed E-state index contributed by atoms with van der Waals surface area (Å²) in [5.74, 6) is 2.03. The Bertz CT molecular complexity index is 607. The molecule has 0 unspecified atom stereocenters. The molecule has 0 amide bonds. The van der Waals surface area contributed by atoms with Crippen molar-refractivity contribution >= 4 is 11.7 Å². The maximum absolute atomic E-state index is 8.69. The van der Waals surface area contributed by atoms with Gasteiger partial charge in [0.1, 0.15) is 11.7 Å². The van der Waals surface area contributed by atoms with E-state index in [1.54, 1.807) is 27.0 Å². The van der Waals surface area contributed by atoms with E-state index < -0.39 is 0 Å². The van der Waals surface area contributed by atoms with Gasteiger partial charge in [0.05, 0.1) is 11.7 Å². The Labute approximate surface area is 156 Å². The molecule has 0 aromatic carbocycles. The number of nitrogens with zero attached hydrogens (tertiary/aromatic N) is 2. The Morgan fingerprint density at radius 1 is 1.58 bits per heavy atom. The summed E-state index contributed by atoms with van der Waals surface area (Å²) < 4.78 is 5.69. The third-order valence-electron chi connectivity index (χ3n) is 4.41. The largest absolute Gasteiger partial charge is 0.402 e. The van der Waals surface area contributed by atoms with E-state index in [4.69, 9.17) is 20.7 Å². The second-order valence-corrected chi connectivity index (χ2v) is 7.29. The number of amidine groups is 2. The normalized spacial score (nSPS) is 25.7. The molecule has 2 atom stereocenters. The predicted octanol–water partition coefficient (Wildman–Crippen LogP) is 1.33. The average molecular weight is 364 g/mol. The van der Waals surface area contributed by atoms with Crippen molar-refractivity contribution in [2.45, 2.75) is 46.3 Å². The fraction of sp³-hybridized carbons (Fsp3) is 0.667. The highest BCUT2D eigenvalue weighted by molar-refractivity contribution is 6.00. The van der Waals surface area contributed by atoms with Crippen LogP contribution in [-0.2, 0) is 9.57 Å². The first-order valence-corrected chi connectivity index (χ1v) is 9.08. The molecular formula is C18H32N6O2. The van der Waals surface area contributed by atoms with Crippen LogP contribution < -0.4 is 16.4 Å². The molecule has 2 aliphatic rings. The van der Waals surface area contributed by atoms with Crippen LogP contribution in [0.25, 0.3) is 0 Å². The second kappa shape index (κ2) is 9.05. The van der Waals surface area contributed by atoms with Gasteiger partial charge in [-0.1, -0.05) is 19.0 Å². The summed E-state index contributed by atoms with van der Waals surface area (Å²) in [5, 5.41) is 19.2. The Hall–Kier alpha value is -2.06. The van der Waals surface area contributed by atoms with Crippen LogP contribution in [0.3, 0.4) is 0 Å². The summed E-state index contributed by atoms with van der Waals surface area (Å²) in [6.07, 6.45) is 2.67. The zero-order valence-electron chi connectivity index (χ0n) is 16.4. The van der Waals surface area contributed by atoms with Crippen LogP contribution in [0.5, 0.6) is 0 Å². The van der Waals surface area contributed by atoms with Crippen LogP contribution in [0.1, 0.15) is 34.1 Å². The number of hydrogen-bond acceptors (Lipinski definition) is 7. The molecule has 0 aromatic heterocycles. The lowest BCUT2D eigenvalue weighted by Gasteiger charge is -2.39. The Kier molecular flexibility index (Phi) is 7.05. The van der Waals surface area contributed by atoms with Gasteiger partial charge in [0.15, 0.2) is 0 Å². The van der Waals surface area contributed by atoms with Crippen molar-refractivity contribution in [1.82, 2.24) is 15.5 Å². The lowest BCUT2D eigenvalue weighted by molar-refractivity contribution is 0.0249. The zero-order chi connectivity index (χ0) is 19.3. The van der Waals surface area contributed by atoms with Crippen molar-refractivity contribution in [3.8, 4) is 0 Å². The minimum atomic E-state index is 0.0208. The smallest absolute Gasteiger partial charge is 0.239 e. The van der Waals surface area contributed by atoms with E-state index in [2.05, 4.69) is 29.6 Å². The van der Waals surface area contributed by atoms with E-state index in [0.29, 0.717) is 47.3 Å². The highest BCUT2D eigenvalue weighted by Crippen LogP contribution is 2.20. The molecule has 26 heavy (non-hydrogen) atoms. The standard InChI is InChI=1S/C18H32N6O2/c1-11(2)9-21-15-6-7-24(10-16(15)25-5)17(20)14(8-12(3)19)18-22-13(4)23-26-18/h8,11,15-16,20-21H,6-7,9-10,19H2,1-5H3,(H,22,23)/b12-8-,18-14-,20-17?/t15-,16+/m1/s1. The maximum atomic E-state index is 8.69. The van der Waals surface area contributed by atoms with Crippen LogP contribution >= 0.6 is 0 Å². The second-order valence-electron chi connectivity index (χ2n) is 7.29. The number of rotatable bonds is 6. The molecule has 2 heterocycles. The summed E-state index contributed by atoms with van der Waals surface area (Å²) in [7, 11) is 1.73. The molecular weight excluding hydrogens is 332 g/mol. The van der Waals surface area contributed by atoms with Crippen molar-refractivity contribution in [2.24, 2.45) is 16.8 Å². The number of allylic oxidation sites excluding steroid dienone is 1. The first-order chi connectivity index (χ1) is 12.3. The van der Waals surface area contributed by atoms with Gasteiger partial charge in [-0.15, -0.1) is 0 Å². The molecule has 0 saturated carbocycles. The number of nitrogens with two attached hydrogens (primary N) is 1. The topological polar surface area (TPSA) is 108 Å². The number of likely N-dealkylation sites (tertiary alicyclic amines) is 1. The van der Waals surface area contributed by atoms with Crippen LogP contribution in [0.2, 0.25) is 0 Å². The molecule has 0 spiro atoms. The minimum absolute atomic E-state index is 0.0208. The Morgan fingerprint density at radius 3 is 2.85 bits per heavy atom. The molecule has 0 aliphatic carbocycles. The Balaban J connectivity index is 2.11. The van der Waals surface area contributed by atoms with E-state index in [0.717, 1.165) is 19.5 Å². The number of hydrogen-bond donors (Lipinski definition) is 4. The summed E-state index contributed by atoms with van der Waals surface area (Å²) >= 11 is 0. The fourth-order valence-corrected chi connectivity index (χ4v) is 3.06. The number of ether oxygens (including phenoxy) is 1. The van der Waals surface area contributed by atoms with Gasteiger partial charge in [0.2, 0.25) is 5.88 Å². The third kappa shape index (κ3) is 5.22. The van der Waals surface area contributed by atoms with E-state index in [1.165, 1.54) is 0 Å². The number of piperidine rings is 1. The highest BCUT2D eigenvalue weighted by atomic mass is 16.7. The number of methoxy groups -OCH3 is 1. The predicted molar refractivity (Wildman–Crippen MR) is 104 cm³/mol. The molecule has 0 radical (unpaired) electrons. The molecule has 8 nitrogen and oxygen atoms in total. The van der Waals surface area contributed by atoms with Gasteiger partial charge < -0.3 is 30.8 Å². The molecule has 5 N–H and O–H groups in total. The van der Waals surface area contributed by atoms with Crippen LogP contribution in [0.15, 0.2) is 28.4 Å². The van der Waals surface area contributed by atoms with E-state index in [-0.39, 0.29) is 6.10 Å². The van der Waals surface area contributed by atoms with Gasteiger partial charge in [0.25, 0.3) is 0 Å². The van der Waals surface area contributed by atoms with Gasteiger partial charge in [-0.25, -0.2) is 0 Å². The van der Waals surface area contributed by atoms with Gasteiger partial charge in [-0.05, 0) is 38.8 Å². The van der Waals surface area contributed by atoms with Gasteiger partial charge >= 0.3 is 0 Å². The summed E-state index contributed by atoms with van der Waals surface area (Å²) in [6.45, 7) is 10.3. The quantitative estimate of drug-likeness (QED) is 0.418. The monoisotopic (exact) mass is 364 g/mol. The van der Waals surface area contributed by atoms with Crippen LogP contribution in [0, 0.1) is 11.3 Å². The zero-order valence-corrected chi connectivity index (χ0v) is 16.4. The van der Waals surface area contributed by atoms with Gasteiger partial charge in [-0.3, -0.25) is 5.41 Å². The first-order valence-electron chi connectivity index (χ1n) is 9.08. The molecule has 146 valence electrons. The fourth-order valence-electron chi connectivity index (χ4n) is 3.06. The molecule has 0 aromatic rings. The lowest BCUT2D eigenvalue weighted by atomic mass is 9.99. The van der Waals surface area contributed by atoms with Crippen molar-refractivity contribution in [1.29, 1.82) is 5.41 Å².